The Balaban J connectivity index is 1.83. The molecule has 5 aromatic carbocycles. The van der Waals surface area contributed by atoms with Crippen molar-refractivity contribution in [3.63, 3.8) is 0 Å². The first-order valence-corrected chi connectivity index (χ1v) is 10.0. The van der Waals surface area contributed by atoms with Crippen molar-refractivity contribution in [3.8, 4) is 11.1 Å². The van der Waals surface area contributed by atoms with Gasteiger partial charge in [-0.05, 0) is 27.6 Å². The van der Waals surface area contributed by atoms with Gasteiger partial charge in [-0.2, -0.15) is 8.78 Å². The molecule has 0 amide bonds. The fourth-order valence-electron chi connectivity index (χ4n) is 5.30. The second-order valence-electron chi connectivity index (χ2n) is 8.00. The van der Waals surface area contributed by atoms with Gasteiger partial charge in [-0.15, -0.1) is 0 Å². The molecule has 0 unspecified atom stereocenters. The number of nitrogens with one attached hydrogen (secondary N) is 1. The molecule has 142 valence electrons. The molecule has 0 aliphatic heterocycles. The molecule has 0 saturated heterocycles. The number of halogens is 2. The summed E-state index contributed by atoms with van der Waals surface area (Å²) in [6.07, 6.45) is 0. The van der Waals surface area contributed by atoms with E-state index in [0.29, 0.717) is 16.6 Å². The summed E-state index contributed by atoms with van der Waals surface area (Å²) >= 11 is 0. The summed E-state index contributed by atoms with van der Waals surface area (Å²) in [5.41, 5.74) is 2.91. The summed E-state index contributed by atoms with van der Waals surface area (Å²) in [5.74, 6) is -3.07. The quantitative estimate of drug-likeness (QED) is 0.272. The second-order valence-corrected chi connectivity index (χ2v) is 8.00. The Morgan fingerprint density at radius 3 is 2.10 bits per heavy atom. The van der Waals surface area contributed by atoms with Crippen molar-refractivity contribution >= 4 is 43.4 Å². The van der Waals surface area contributed by atoms with Crippen LogP contribution in [-0.2, 0) is 5.92 Å². The van der Waals surface area contributed by atoms with Crippen LogP contribution in [0.5, 0.6) is 0 Å². The molecule has 3 heteroatoms. The maximum Gasteiger partial charge on any atom is 0.301 e. The first-order valence-electron chi connectivity index (χ1n) is 10.0. The summed E-state index contributed by atoms with van der Waals surface area (Å²) < 4.78 is 32.0. The fraction of sp³-hybridized carbons (Fsp3) is 0.0370. The van der Waals surface area contributed by atoms with E-state index in [4.69, 9.17) is 0 Å². The minimum Gasteiger partial charge on any atom is -0.354 e. The Kier molecular flexibility index (Phi) is 2.82. The van der Waals surface area contributed by atoms with Crippen LogP contribution in [0.15, 0.2) is 84.9 Å². The molecule has 1 aliphatic rings. The number of H-pyrrole nitrogens is 1. The second kappa shape index (κ2) is 5.25. The topological polar surface area (TPSA) is 15.8 Å². The molecule has 0 radical (unpaired) electrons. The molecule has 0 spiro atoms. The number of aromatic nitrogens is 1. The Labute approximate surface area is 170 Å². The Hall–Kier alpha value is -3.72. The van der Waals surface area contributed by atoms with Gasteiger partial charge in [0.1, 0.15) is 0 Å². The first kappa shape index (κ1) is 16.1. The predicted octanol–water partition coefficient (Wildman–Crippen LogP) is 7.75. The molecule has 1 aromatic heterocycles. The highest BCUT2D eigenvalue weighted by Gasteiger charge is 2.48. The number of para-hydroxylation sites is 1. The zero-order valence-electron chi connectivity index (χ0n) is 15.8. The van der Waals surface area contributed by atoms with Gasteiger partial charge in [0.2, 0.25) is 0 Å². The highest BCUT2D eigenvalue weighted by Crippen LogP contribution is 2.58. The summed E-state index contributed by atoms with van der Waals surface area (Å²) in [5, 5.41) is 5.56. The molecule has 0 fully saturated rings. The molecule has 0 bridgehead atoms. The van der Waals surface area contributed by atoms with E-state index in [0.717, 1.165) is 37.8 Å². The van der Waals surface area contributed by atoms with Crippen molar-refractivity contribution in [3.05, 3.63) is 96.1 Å². The smallest absolute Gasteiger partial charge is 0.301 e. The molecule has 1 heterocycles. The molecular weight excluding hydrogens is 376 g/mol. The first-order chi connectivity index (χ1) is 14.7. The van der Waals surface area contributed by atoms with E-state index < -0.39 is 5.92 Å². The monoisotopic (exact) mass is 391 g/mol. The van der Waals surface area contributed by atoms with E-state index >= 15 is 8.78 Å². The van der Waals surface area contributed by atoms with Crippen molar-refractivity contribution in [2.75, 3.05) is 0 Å². The van der Waals surface area contributed by atoms with E-state index in [2.05, 4.69) is 4.98 Å². The van der Waals surface area contributed by atoms with Crippen LogP contribution >= 0.6 is 0 Å². The van der Waals surface area contributed by atoms with Crippen LogP contribution in [0, 0.1) is 0 Å². The third-order valence-corrected chi connectivity index (χ3v) is 6.50. The van der Waals surface area contributed by atoms with Crippen LogP contribution in [0.1, 0.15) is 11.1 Å². The third kappa shape index (κ3) is 1.77. The fourth-order valence-corrected chi connectivity index (χ4v) is 5.30. The van der Waals surface area contributed by atoms with Gasteiger partial charge >= 0.3 is 5.92 Å². The highest BCUT2D eigenvalue weighted by molar-refractivity contribution is 6.27. The third-order valence-electron chi connectivity index (χ3n) is 6.50. The average molecular weight is 391 g/mol. The Bertz CT molecular complexity index is 1670. The van der Waals surface area contributed by atoms with Crippen LogP contribution in [0.4, 0.5) is 8.78 Å². The zero-order valence-corrected chi connectivity index (χ0v) is 15.8. The van der Waals surface area contributed by atoms with Crippen molar-refractivity contribution in [2.24, 2.45) is 0 Å². The molecule has 7 rings (SSSR count). The van der Waals surface area contributed by atoms with Crippen LogP contribution in [0.3, 0.4) is 0 Å². The van der Waals surface area contributed by atoms with Gasteiger partial charge in [0.25, 0.3) is 0 Å². The minimum absolute atomic E-state index is 0.0903. The molecule has 0 atom stereocenters. The predicted molar refractivity (Wildman–Crippen MR) is 119 cm³/mol. The van der Waals surface area contributed by atoms with Gasteiger partial charge in [0.15, 0.2) is 0 Å². The van der Waals surface area contributed by atoms with Gasteiger partial charge in [-0.1, -0.05) is 78.9 Å². The normalized spacial score (nSPS) is 14.6. The van der Waals surface area contributed by atoms with Gasteiger partial charge in [-0.3, -0.25) is 0 Å². The molecule has 1 aliphatic carbocycles. The number of alkyl halides is 2. The van der Waals surface area contributed by atoms with Crippen molar-refractivity contribution in [2.45, 2.75) is 5.92 Å². The van der Waals surface area contributed by atoms with E-state index in [1.54, 1.807) is 12.1 Å². The van der Waals surface area contributed by atoms with Crippen LogP contribution in [-0.4, -0.2) is 4.98 Å². The van der Waals surface area contributed by atoms with Gasteiger partial charge in [0, 0.05) is 33.0 Å². The van der Waals surface area contributed by atoms with E-state index in [9.17, 15) is 0 Å². The number of hydrogen-bond acceptors (Lipinski definition) is 0. The van der Waals surface area contributed by atoms with Crippen LogP contribution in [0.2, 0.25) is 0 Å². The summed E-state index contributed by atoms with van der Waals surface area (Å²) in [6, 6.07) is 27.0. The maximum atomic E-state index is 16.0. The lowest BCUT2D eigenvalue weighted by atomic mass is 9.91. The van der Waals surface area contributed by atoms with Crippen molar-refractivity contribution in [1.29, 1.82) is 0 Å². The van der Waals surface area contributed by atoms with E-state index in [-0.39, 0.29) is 11.1 Å². The Morgan fingerprint density at radius 1 is 0.600 bits per heavy atom. The standard InChI is InChI=1S/C27H15F2N/c28-27(29)20-14-13-15-7-1-2-8-16(15)23(20)24-18-10-4-3-9-17(18)22-19-11-5-6-12-21(19)30-26(22)25(24)27/h1-14,30H. The maximum absolute atomic E-state index is 16.0. The number of rotatable bonds is 0. The summed E-state index contributed by atoms with van der Waals surface area (Å²) in [7, 11) is 0. The van der Waals surface area contributed by atoms with Gasteiger partial charge in [-0.25, -0.2) is 0 Å². The Morgan fingerprint density at radius 2 is 1.27 bits per heavy atom. The largest absolute Gasteiger partial charge is 0.354 e. The van der Waals surface area contributed by atoms with E-state index in [1.807, 2.05) is 72.8 Å². The molecule has 1 N–H and O–H groups in total. The number of fused-ring (bicyclic) bond motifs is 12. The lowest BCUT2D eigenvalue weighted by molar-refractivity contribution is 0.0495. The number of benzene rings is 5. The zero-order chi connectivity index (χ0) is 20.0. The molecule has 1 nitrogen and oxygen atoms in total. The lowest BCUT2D eigenvalue weighted by Gasteiger charge is -2.14. The number of hydrogen-bond donors (Lipinski definition) is 1. The minimum atomic E-state index is -3.07. The molecule has 0 saturated carbocycles. The molecule has 30 heavy (non-hydrogen) atoms. The van der Waals surface area contributed by atoms with Crippen LogP contribution < -0.4 is 0 Å². The highest BCUT2D eigenvalue weighted by atomic mass is 19.3. The van der Waals surface area contributed by atoms with Gasteiger partial charge < -0.3 is 4.98 Å². The molecule has 6 aromatic rings. The SMILES string of the molecule is FC1(F)c2ccc3ccccc3c2-c2c1c1[nH]c3ccccc3c1c1ccccc21. The molecular formula is C27H15F2N. The van der Waals surface area contributed by atoms with Crippen molar-refractivity contribution in [1.82, 2.24) is 4.98 Å². The number of aromatic amines is 1. The van der Waals surface area contributed by atoms with Crippen LogP contribution in [0.25, 0.3) is 54.5 Å². The van der Waals surface area contributed by atoms with Gasteiger partial charge in [0.05, 0.1) is 11.1 Å². The summed E-state index contributed by atoms with van der Waals surface area (Å²) in [4.78, 5) is 3.33. The van der Waals surface area contributed by atoms with E-state index in [1.165, 1.54) is 0 Å². The lowest BCUT2D eigenvalue weighted by Crippen LogP contribution is -2.11. The average Bonchev–Trinajstić information content (AvgIpc) is 3.27. The summed E-state index contributed by atoms with van der Waals surface area (Å²) in [6.45, 7) is 0. The van der Waals surface area contributed by atoms with Crippen molar-refractivity contribution < 1.29 is 8.78 Å².